The zero-order chi connectivity index (χ0) is 11.6. The standard InChI is InChI=1S/C11H14Cl2FN.ClH/c1-3-6(2)11(15)9-8(14)5-4-7(12)10(9)13;/h4-6,11H,3,15H2,1-2H3;1H/t6?,11-;/m0./s1. The third-order valence-corrected chi connectivity index (χ3v) is 3.49. The first-order valence-electron chi connectivity index (χ1n) is 4.88. The van der Waals surface area contributed by atoms with Gasteiger partial charge in [-0.1, -0.05) is 43.5 Å². The highest BCUT2D eigenvalue weighted by atomic mass is 35.5. The summed E-state index contributed by atoms with van der Waals surface area (Å²) < 4.78 is 13.6. The zero-order valence-corrected chi connectivity index (χ0v) is 11.5. The Kier molecular flexibility index (Phi) is 6.64. The van der Waals surface area contributed by atoms with Gasteiger partial charge in [-0.2, -0.15) is 0 Å². The summed E-state index contributed by atoms with van der Waals surface area (Å²) in [6.07, 6.45) is 0.865. The molecule has 0 fully saturated rings. The van der Waals surface area contributed by atoms with Crippen molar-refractivity contribution in [1.82, 2.24) is 0 Å². The number of rotatable bonds is 3. The molecule has 1 aromatic carbocycles. The minimum absolute atomic E-state index is 0. The molecule has 5 heteroatoms. The van der Waals surface area contributed by atoms with E-state index in [4.69, 9.17) is 28.9 Å². The van der Waals surface area contributed by atoms with Crippen molar-refractivity contribution < 1.29 is 4.39 Å². The van der Waals surface area contributed by atoms with E-state index in [9.17, 15) is 4.39 Å². The number of benzene rings is 1. The lowest BCUT2D eigenvalue weighted by molar-refractivity contribution is 0.439. The van der Waals surface area contributed by atoms with E-state index >= 15 is 0 Å². The van der Waals surface area contributed by atoms with E-state index in [2.05, 4.69) is 0 Å². The monoisotopic (exact) mass is 285 g/mol. The molecule has 2 atom stereocenters. The summed E-state index contributed by atoms with van der Waals surface area (Å²) in [5.74, 6) is -0.229. The molecule has 1 nitrogen and oxygen atoms in total. The lowest BCUT2D eigenvalue weighted by Gasteiger charge is -2.20. The SMILES string of the molecule is CCC(C)[C@H](N)c1c(F)ccc(Cl)c1Cl.Cl. The van der Waals surface area contributed by atoms with Gasteiger partial charge >= 0.3 is 0 Å². The predicted octanol–water partition coefficient (Wildman–Crippen LogP) is 4.60. The van der Waals surface area contributed by atoms with Crippen LogP contribution in [-0.2, 0) is 0 Å². The van der Waals surface area contributed by atoms with E-state index < -0.39 is 11.9 Å². The van der Waals surface area contributed by atoms with Crippen LogP contribution >= 0.6 is 35.6 Å². The second-order valence-electron chi connectivity index (χ2n) is 3.67. The van der Waals surface area contributed by atoms with Gasteiger partial charge in [0.1, 0.15) is 5.82 Å². The lowest BCUT2D eigenvalue weighted by atomic mass is 9.93. The van der Waals surface area contributed by atoms with Crippen LogP contribution in [-0.4, -0.2) is 0 Å². The van der Waals surface area contributed by atoms with E-state index in [1.165, 1.54) is 12.1 Å². The Balaban J connectivity index is 0.00000225. The van der Waals surface area contributed by atoms with Gasteiger partial charge in [0.15, 0.2) is 0 Å². The van der Waals surface area contributed by atoms with Crippen molar-refractivity contribution in [3.8, 4) is 0 Å². The number of hydrogen-bond donors (Lipinski definition) is 1. The first-order valence-corrected chi connectivity index (χ1v) is 5.63. The van der Waals surface area contributed by atoms with Crippen LogP contribution in [0, 0.1) is 11.7 Å². The Morgan fingerprint density at radius 2 is 1.94 bits per heavy atom. The summed E-state index contributed by atoms with van der Waals surface area (Å²) in [6, 6.07) is 2.32. The average Bonchev–Trinajstić information content (AvgIpc) is 2.22. The first kappa shape index (κ1) is 16.0. The molecule has 0 radical (unpaired) electrons. The maximum Gasteiger partial charge on any atom is 0.129 e. The van der Waals surface area contributed by atoms with Gasteiger partial charge in [0.25, 0.3) is 0 Å². The summed E-state index contributed by atoms with van der Waals surface area (Å²) >= 11 is 11.8. The summed E-state index contributed by atoms with van der Waals surface area (Å²) in [4.78, 5) is 0. The highest BCUT2D eigenvalue weighted by molar-refractivity contribution is 6.42. The van der Waals surface area contributed by atoms with Gasteiger partial charge < -0.3 is 5.73 Å². The molecule has 0 aliphatic carbocycles. The second-order valence-corrected chi connectivity index (χ2v) is 4.45. The molecule has 0 saturated carbocycles. The minimum atomic E-state index is -0.416. The number of hydrogen-bond acceptors (Lipinski definition) is 1. The highest BCUT2D eigenvalue weighted by Gasteiger charge is 2.21. The molecule has 92 valence electrons. The van der Waals surface area contributed by atoms with Gasteiger partial charge in [-0.15, -0.1) is 12.4 Å². The van der Waals surface area contributed by atoms with Crippen molar-refractivity contribution in [2.75, 3.05) is 0 Å². The fourth-order valence-corrected chi connectivity index (χ4v) is 1.83. The molecule has 0 saturated heterocycles. The van der Waals surface area contributed by atoms with Crippen LogP contribution < -0.4 is 5.73 Å². The molecule has 1 aromatic rings. The van der Waals surface area contributed by atoms with E-state index in [0.29, 0.717) is 10.6 Å². The molecule has 0 amide bonds. The van der Waals surface area contributed by atoms with Crippen molar-refractivity contribution in [2.45, 2.75) is 26.3 Å². The van der Waals surface area contributed by atoms with Crippen molar-refractivity contribution >= 4 is 35.6 Å². The van der Waals surface area contributed by atoms with Crippen LogP contribution in [0.4, 0.5) is 4.39 Å². The number of nitrogens with two attached hydrogens (primary N) is 1. The average molecular weight is 287 g/mol. The maximum atomic E-state index is 13.6. The van der Waals surface area contributed by atoms with Crippen LogP contribution in [0.15, 0.2) is 12.1 Å². The van der Waals surface area contributed by atoms with Crippen molar-refractivity contribution in [1.29, 1.82) is 0 Å². The quantitative estimate of drug-likeness (QED) is 0.807. The Hall–Kier alpha value is -0.0200. The first-order chi connectivity index (χ1) is 6.99. The molecule has 16 heavy (non-hydrogen) atoms. The largest absolute Gasteiger partial charge is 0.324 e. The molecule has 0 aromatic heterocycles. The lowest BCUT2D eigenvalue weighted by Crippen LogP contribution is -2.20. The van der Waals surface area contributed by atoms with Crippen LogP contribution in [0.5, 0.6) is 0 Å². The summed E-state index contributed by atoms with van der Waals surface area (Å²) in [6.45, 7) is 3.96. The van der Waals surface area contributed by atoms with Crippen LogP contribution in [0.2, 0.25) is 10.0 Å². The normalized spacial score (nSPS) is 14.1. The molecule has 2 N–H and O–H groups in total. The van der Waals surface area contributed by atoms with Gasteiger partial charge in [0, 0.05) is 11.6 Å². The molecular formula is C11H15Cl3FN. The van der Waals surface area contributed by atoms with Crippen LogP contribution in [0.1, 0.15) is 31.9 Å². The van der Waals surface area contributed by atoms with Crippen molar-refractivity contribution in [3.05, 3.63) is 33.6 Å². The Bertz CT molecular complexity index is 357. The molecule has 1 unspecified atom stereocenters. The summed E-state index contributed by atoms with van der Waals surface area (Å²) in [5.41, 5.74) is 6.25. The van der Waals surface area contributed by atoms with E-state index in [0.717, 1.165) is 6.42 Å². The molecular weight excluding hydrogens is 271 g/mol. The van der Waals surface area contributed by atoms with Gasteiger partial charge in [-0.05, 0) is 18.1 Å². The van der Waals surface area contributed by atoms with Gasteiger partial charge in [0.2, 0.25) is 0 Å². The fraction of sp³-hybridized carbons (Fsp3) is 0.455. The zero-order valence-electron chi connectivity index (χ0n) is 9.14. The maximum absolute atomic E-state index is 13.6. The predicted molar refractivity (Wildman–Crippen MR) is 70.1 cm³/mol. The van der Waals surface area contributed by atoms with Crippen LogP contribution in [0.3, 0.4) is 0 Å². The smallest absolute Gasteiger partial charge is 0.129 e. The van der Waals surface area contributed by atoms with Gasteiger partial charge in [0.05, 0.1) is 10.0 Å². The highest BCUT2D eigenvalue weighted by Crippen LogP contribution is 2.34. The fourth-order valence-electron chi connectivity index (χ4n) is 1.39. The molecule has 0 heterocycles. The third-order valence-electron chi connectivity index (χ3n) is 2.67. The van der Waals surface area contributed by atoms with E-state index in [1.807, 2.05) is 13.8 Å². The second kappa shape index (κ2) is 6.65. The Morgan fingerprint density at radius 1 is 1.38 bits per heavy atom. The van der Waals surface area contributed by atoms with Crippen molar-refractivity contribution in [3.63, 3.8) is 0 Å². The third kappa shape index (κ3) is 3.24. The molecule has 0 bridgehead atoms. The topological polar surface area (TPSA) is 26.0 Å². The van der Waals surface area contributed by atoms with E-state index in [-0.39, 0.29) is 23.3 Å². The Labute approximate surface area is 112 Å². The molecule has 0 aliphatic rings. The minimum Gasteiger partial charge on any atom is -0.324 e. The summed E-state index contributed by atoms with van der Waals surface area (Å²) in [7, 11) is 0. The number of halogens is 4. The van der Waals surface area contributed by atoms with Crippen LogP contribution in [0.25, 0.3) is 0 Å². The molecule has 0 aliphatic heterocycles. The van der Waals surface area contributed by atoms with Gasteiger partial charge in [-0.3, -0.25) is 0 Å². The molecule has 1 rings (SSSR count). The van der Waals surface area contributed by atoms with E-state index in [1.54, 1.807) is 0 Å². The molecule has 0 spiro atoms. The Morgan fingerprint density at radius 3 is 2.44 bits per heavy atom. The van der Waals surface area contributed by atoms with Crippen molar-refractivity contribution in [2.24, 2.45) is 11.7 Å². The summed E-state index contributed by atoms with van der Waals surface area (Å²) in [5, 5.41) is 0.566. The van der Waals surface area contributed by atoms with Gasteiger partial charge in [-0.25, -0.2) is 4.39 Å².